The van der Waals surface area contributed by atoms with E-state index in [1.54, 1.807) is 0 Å². The van der Waals surface area contributed by atoms with Crippen LogP contribution in [0.15, 0.2) is 24.3 Å². The zero-order valence-electron chi connectivity index (χ0n) is 16.3. The summed E-state index contributed by atoms with van der Waals surface area (Å²) in [4.78, 5) is 14.3. The van der Waals surface area contributed by atoms with Gasteiger partial charge in [0.15, 0.2) is 0 Å². The van der Waals surface area contributed by atoms with Gasteiger partial charge in [-0.25, -0.2) is 4.79 Å². The van der Waals surface area contributed by atoms with Crippen LogP contribution in [0.3, 0.4) is 0 Å². The molecule has 144 valence electrons. The fourth-order valence-electron chi connectivity index (χ4n) is 2.18. The van der Waals surface area contributed by atoms with Gasteiger partial charge < -0.3 is 31.8 Å². The molecule has 0 spiro atoms. The molecular weight excluding hydrogens is 338 g/mol. The van der Waals surface area contributed by atoms with Crippen molar-refractivity contribution in [3.05, 3.63) is 29.8 Å². The number of quaternary nitrogens is 1. The third-order valence-electron chi connectivity index (χ3n) is 4.06. The highest BCUT2D eigenvalue weighted by Gasteiger charge is 2.16. The zero-order chi connectivity index (χ0) is 18.0. The van der Waals surface area contributed by atoms with E-state index >= 15 is 0 Å². The number of rotatable bonds is 11. The molecule has 0 saturated carbocycles. The highest BCUT2D eigenvalue weighted by Crippen LogP contribution is 2.11. The second-order valence-corrected chi connectivity index (χ2v) is 7.18. The molecular formula is C19H34ClN3O2. The third-order valence-corrected chi connectivity index (χ3v) is 4.06. The van der Waals surface area contributed by atoms with E-state index in [2.05, 4.69) is 45.3 Å². The summed E-state index contributed by atoms with van der Waals surface area (Å²) in [6.45, 7) is 6.43. The standard InChI is InChI=1S/C19H33N3O2.ClH/c1-6-7-12-20-18-10-8-17(9-11-18)19(23)24-16-15-22(4,5)14-13-21(2)3;/h8-11H,6-7,12-16H2,1-5H3;1H. The van der Waals surface area contributed by atoms with Crippen molar-refractivity contribution in [1.82, 2.24) is 4.90 Å². The van der Waals surface area contributed by atoms with Gasteiger partial charge in [0.25, 0.3) is 0 Å². The summed E-state index contributed by atoms with van der Waals surface area (Å²) in [5, 5.41) is 3.34. The van der Waals surface area contributed by atoms with Crippen LogP contribution in [0.2, 0.25) is 0 Å². The largest absolute Gasteiger partial charge is 1.00 e. The van der Waals surface area contributed by atoms with Crippen molar-refractivity contribution in [3.63, 3.8) is 0 Å². The smallest absolute Gasteiger partial charge is 0.338 e. The first kappa shape index (κ1) is 23.7. The predicted molar refractivity (Wildman–Crippen MR) is 101 cm³/mol. The van der Waals surface area contributed by atoms with Crippen molar-refractivity contribution in [2.45, 2.75) is 19.8 Å². The number of nitrogens with zero attached hydrogens (tertiary/aromatic N) is 2. The quantitative estimate of drug-likeness (QED) is 0.329. The van der Waals surface area contributed by atoms with E-state index in [4.69, 9.17) is 4.74 Å². The highest BCUT2D eigenvalue weighted by molar-refractivity contribution is 5.89. The van der Waals surface area contributed by atoms with Gasteiger partial charge in [-0.3, -0.25) is 0 Å². The van der Waals surface area contributed by atoms with Crippen LogP contribution in [0, 0.1) is 0 Å². The Labute approximate surface area is 159 Å². The van der Waals surface area contributed by atoms with Gasteiger partial charge >= 0.3 is 5.97 Å². The average molecular weight is 372 g/mol. The molecule has 25 heavy (non-hydrogen) atoms. The Morgan fingerprint density at radius 3 is 2.36 bits per heavy atom. The normalized spacial score (nSPS) is 11.1. The molecule has 6 heteroatoms. The number of anilines is 1. The zero-order valence-corrected chi connectivity index (χ0v) is 17.1. The number of unbranched alkanes of at least 4 members (excludes halogenated alkanes) is 1. The summed E-state index contributed by atoms with van der Waals surface area (Å²) in [6.07, 6.45) is 2.31. The summed E-state index contributed by atoms with van der Waals surface area (Å²) in [7, 11) is 8.46. The second kappa shape index (κ2) is 12.1. The highest BCUT2D eigenvalue weighted by atomic mass is 35.5. The molecule has 1 aromatic rings. The van der Waals surface area contributed by atoms with E-state index in [0.717, 1.165) is 42.8 Å². The fraction of sp³-hybridized carbons (Fsp3) is 0.632. The minimum Gasteiger partial charge on any atom is -1.00 e. The van der Waals surface area contributed by atoms with Gasteiger partial charge in [-0.05, 0) is 44.8 Å². The lowest BCUT2D eigenvalue weighted by Gasteiger charge is -2.30. The minimum absolute atomic E-state index is 0. The van der Waals surface area contributed by atoms with Crippen LogP contribution in [-0.2, 0) is 4.74 Å². The van der Waals surface area contributed by atoms with E-state index in [-0.39, 0.29) is 18.4 Å². The number of benzene rings is 1. The number of likely N-dealkylation sites (N-methyl/N-ethyl adjacent to an activating group) is 2. The van der Waals surface area contributed by atoms with Gasteiger partial charge in [0.2, 0.25) is 0 Å². The molecule has 5 nitrogen and oxygen atoms in total. The first-order chi connectivity index (χ1) is 11.3. The van der Waals surface area contributed by atoms with Crippen molar-refractivity contribution in [2.24, 2.45) is 0 Å². The summed E-state index contributed by atoms with van der Waals surface area (Å²) in [5.74, 6) is -0.247. The number of carbonyl (C=O) groups is 1. The number of hydrogen-bond donors (Lipinski definition) is 1. The van der Waals surface area contributed by atoms with Gasteiger partial charge in [-0.1, -0.05) is 13.3 Å². The van der Waals surface area contributed by atoms with Crippen LogP contribution in [0.4, 0.5) is 5.69 Å². The van der Waals surface area contributed by atoms with Crippen molar-refractivity contribution in [1.29, 1.82) is 0 Å². The molecule has 0 amide bonds. The molecule has 0 bridgehead atoms. The molecule has 0 aliphatic carbocycles. The monoisotopic (exact) mass is 371 g/mol. The van der Waals surface area contributed by atoms with Crippen LogP contribution >= 0.6 is 0 Å². The Kier molecular flexibility index (Phi) is 11.5. The maximum Gasteiger partial charge on any atom is 0.338 e. The van der Waals surface area contributed by atoms with E-state index in [1.165, 1.54) is 6.42 Å². The number of carbonyl (C=O) groups excluding carboxylic acids is 1. The lowest BCUT2D eigenvalue weighted by atomic mass is 10.2. The molecule has 0 aliphatic heterocycles. The second-order valence-electron chi connectivity index (χ2n) is 7.18. The fourth-order valence-corrected chi connectivity index (χ4v) is 2.18. The molecule has 0 fully saturated rings. The lowest BCUT2D eigenvalue weighted by molar-refractivity contribution is -0.889. The summed E-state index contributed by atoms with van der Waals surface area (Å²) in [5.41, 5.74) is 1.65. The third kappa shape index (κ3) is 10.3. The van der Waals surface area contributed by atoms with Gasteiger partial charge in [0.1, 0.15) is 13.2 Å². The molecule has 1 rings (SSSR count). The Balaban J connectivity index is 0.00000576. The Morgan fingerprint density at radius 1 is 1.16 bits per heavy atom. The predicted octanol–water partition coefficient (Wildman–Crippen LogP) is -0.303. The number of ether oxygens (including phenoxy) is 1. The number of esters is 1. The molecule has 0 unspecified atom stereocenters. The van der Waals surface area contributed by atoms with E-state index in [0.29, 0.717) is 12.2 Å². The number of halogens is 1. The van der Waals surface area contributed by atoms with Crippen molar-refractivity contribution in [3.8, 4) is 0 Å². The van der Waals surface area contributed by atoms with Crippen LogP contribution in [0.1, 0.15) is 30.1 Å². The van der Waals surface area contributed by atoms with Crippen LogP contribution in [0.25, 0.3) is 0 Å². The van der Waals surface area contributed by atoms with Crippen molar-refractivity contribution >= 4 is 11.7 Å². The maximum atomic E-state index is 12.1. The molecule has 0 aliphatic rings. The number of nitrogens with one attached hydrogen (secondary N) is 1. The van der Waals surface area contributed by atoms with Crippen LogP contribution < -0.4 is 17.7 Å². The molecule has 0 heterocycles. The summed E-state index contributed by atoms with van der Waals surface area (Å²) < 4.78 is 6.26. The summed E-state index contributed by atoms with van der Waals surface area (Å²) >= 11 is 0. The molecule has 0 aromatic heterocycles. The maximum absolute atomic E-state index is 12.1. The Hall–Kier alpha value is -1.30. The first-order valence-electron chi connectivity index (χ1n) is 8.82. The van der Waals surface area contributed by atoms with E-state index in [9.17, 15) is 4.79 Å². The molecule has 1 aromatic carbocycles. The van der Waals surface area contributed by atoms with E-state index in [1.807, 2.05) is 24.3 Å². The van der Waals surface area contributed by atoms with Gasteiger partial charge in [-0.15, -0.1) is 0 Å². The SMILES string of the molecule is CCCCNc1ccc(C(=O)OCC[N+](C)(C)CCN(C)C)cc1.[Cl-]. The minimum atomic E-state index is -0.247. The van der Waals surface area contributed by atoms with Gasteiger partial charge in [0.05, 0.1) is 26.2 Å². The number of hydrogen-bond acceptors (Lipinski definition) is 4. The summed E-state index contributed by atoms with van der Waals surface area (Å²) in [6, 6.07) is 7.51. The van der Waals surface area contributed by atoms with E-state index < -0.39 is 0 Å². The molecule has 0 radical (unpaired) electrons. The Bertz CT molecular complexity index is 490. The van der Waals surface area contributed by atoms with Crippen molar-refractivity contribution < 1.29 is 26.4 Å². The lowest BCUT2D eigenvalue weighted by Crippen LogP contribution is -3.00. The molecule has 0 saturated heterocycles. The van der Waals surface area contributed by atoms with Gasteiger partial charge in [-0.2, -0.15) is 0 Å². The molecule has 0 atom stereocenters. The van der Waals surface area contributed by atoms with Crippen molar-refractivity contribution in [2.75, 3.05) is 66.3 Å². The molecule has 1 N–H and O–H groups in total. The topological polar surface area (TPSA) is 41.6 Å². The Morgan fingerprint density at radius 2 is 1.80 bits per heavy atom. The average Bonchev–Trinajstić information content (AvgIpc) is 2.54. The van der Waals surface area contributed by atoms with Crippen LogP contribution in [-0.4, -0.2) is 76.3 Å². The van der Waals surface area contributed by atoms with Crippen LogP contribution in [0.5, 0.6) is 0 Å². The first-order valence-corrected chi connectivity index (χ1v) is 8.82. The van der Waals surface area contributed by atoms with Gasteiger partial charge in [0, 0.05) is 18.8 Å².